The Labute approximate surface area is 165 Å². The first-order chi connectivity index (χ1) is 9.40. The molecule has 0 bridgehead atoms. The molecular weight excluding hydrogens is 310 g/mol. The fourth-order valence-corrected chi connectivity index (χ4v) is 2.76. The van der Waals surface area contributed by atoms with Gasteiger partial charge in [0.15, 0.2) is 0 Å². The van der Waals surface area contributed by atoms with Crippen molar-refractivity contribution >= 4 is 12.4 Å². The number of hydrogen-bond donors (Lipinski definition) is 0. The number of benzene rings is 1. The zero-order valence-electron chi connectivity index (χ0n) is 12.4. The average molecular weight is 328 g/mol. The van der Waals surface area contributed by atoms with E-state index in [2.05, 4.69) is 6.92 Å². The monoisotopic (exact) mass is 328 g/mol. The van der Waals surface area contributed by atoms with Crippen LogP contribution in [0.3, 0.4) is 0 Å². The molecule has 1 fully saturated rings. The van der Waals surface area contributed by atoms with E-state index < -0.39 is 18.3 Å². The van der Waals surface area contributed by atoms with Crippen molar-refractivity contribution in [2.24, 2.45) is 5.92 Å². The maximum absolute atomic E-state index is 13.5. The molecule has 0 radical (unpaired) electrons. The Morgan fingerprint density at radius 3 is 2.52 bits per heavy atom. The number of halogens is 4. The summed E-state index contributed by atoms with van der Waals surface area (Å²) in [5.74, 6) is -0.470. The normalized spacial score (nSPS) is 22.5. The Hall–Kier alpha value is 0.441. The SMILES string of the molecule is CCC1CCCC(Oc2ccc([B-](F)(F)F)c(F)c2)C1.[K+]. The Morgan fingerprint density at radius 2 is 1.95 bits per heavy atom. The van der Waals surface area contributed by atoms with E-state index in [4.69, 9.17) is 4.74 Å². The first kappa shape index (κ1) is 19.5. The maximum atomic E-state index is 13.5. The minimum absolute atomic E-state index is 0. The van der Waals surface area contributed by atoms with Crippen LogP contribution in [0.2, 0.25) is 0 Å². The number of hydrogen-bond acceptors (Lipinski definition) is 1. The predicted octanol–water partition coefficient (Wildman–Crippen LogP) is 1.23. The molecule has 2 unspecified atom stereocenters. The summed E-state index contributed by atoms with van der Waals surface area (Å²) < 4.78 is 56.6. The average Bonchev–Trinajstić information content (AvgIpc) is 2.37. The van der Waals surface area contributed by atoms with E-state index in [-0.39, 0.29) is 63.2 Å². The van der Waals surface area contributed by atoms with Gasteiger partial charge in [-0.2, -0.15) is 0 Å². The van der Waals surface area contributed by atoms with Crippen LogP contribution in [0.4, 0.5) is 17.3 Å². The summed E-state index contributed by atoms with van der Waals surface area (Å²) in [4.78, 5) is 0. The molecule has 1 aromatic rings. The van der Waals surface area contributed by atoms with Crippen LogP contribution in [0, 0.1) is 11.7 Å². The molecule has 7 heteroatoms. The summed E-state index contributed by atoms with van der Waals surface area (Å²) in [7, 11) is 0. The van der Waals surface area contributed by atoms with E-state index in [1.54, 1.807) is 0 Å². The van der Waals surface area contributed by atoms with E-state index in [1.165, 1.54) is 12.5 Å². The van der Waals surface area contributed by atoms with Crippen molar-refractivity contribution in [3.63, 3.8) is 0 Å². The van der Waals surface area contributed by atoms with Crippen LogP contribution in [0.1, 0.15) is 39.0 Å². The molecule has 0 heterocycles. The van der Waals surface area contributed by atoms with E-state index in [0.29, 0.717) is 5.92 Å². The van der Waals surface area contributed by atoms with Gasteiger partial charge >= 0.3 is 58.4 Å². The minimum Gasteiger partial charge on any atom is -0.490 e. The zero-order valence-corrected chi connectivity index (χ0v) is 15.5. The van der Waals surface area contributed by atoms with Crippen LogP contribution < -0.4 is 61.6 Å². The van der Waals surface area contributed by atoms with Crippen LogP contribution in [0.25, 0.3) is 0 Å². The second kappa shape index (κ2) is 8.34. The molecule has 1 aliphatic rings. The molecule has 2 rings (SSSR count). The van der Waals surface area contributed by atoms with Gasteiger partial charge in [-0.15, -0.1) is 0 Å². The van der Waals surface area contributed by atoms with Gasteiger partial charge in [0.05, 0.1) is 11.9 Å². The summed E-state index contributed by atoms with van der Waals surface area (Å²) >= 11 is 0. The Kier molecular flexibility index (Phi) is 7.74. The third-order valence-electron chi connectivity index (χ3n) is 3.94. The van der Waals surface area contributed by atoms with Crippen molar-refractivity contribution < 1.29 is 73.5 Å². The van der Waals surface area contributed by atoms with E-state index >= 15 is 0 Å². The summed E-state index contributed by atoms with van der Waals surface area (Å²) in [5.41, 5.74) is -1.19. The molecule has 0 N–H and O–H groups in total. The number of rotatable bonds is 4. The van der Waals surface area contributed by atoms with Gasteiger partial charge in [0.25, 0.3) is 0 Å². The zero-order chi connectivity index (χ0) is 14.8. The van der Waals surface area contributed by atoms with Crippen molar-refractivity contribution in [2.75, 3.05) is 0 Å². The molecule has 0 aliphatic heterocycles. The number of ether oxygens (including phenoxy) is 1. The third-order valence-corrected chi connectivity index (χ3v) is 3.94. The molecule has 0 spiro atoms. The van der Waals surface area contributed by atoms with Crippen LogP contribution >= 0.6 is 0 Å². The van der Waals surface area contributed by atoms with Gasteiger partial charge in [0.1, 0.15) is 5.75 Å². The Morgan fingerprint density at radius 1 is 1.24 bits per heavy atom. The van der Waals surface area contributed by atoms with Crippen molar-refractivity contribution in [3.8, 4) is 5.75 Å². The van der Waals surface area contributed by atoms with Crippen molar-refractivity contribution in [2.45, 2.75) is 45.1 Å². The molecule has 0 saturated heterocycles. The van der Waals surface area contributed by atoms with E-state index in [1.807, 2.05) is 0 Å². The topological polar surface area (TPSA) is 9.23 Å². The van der Waals surface area contributed by atoms with Gasteiger partial charge in [-0.1, -0.05) is 31.3 Å². The molecule has 0 aromatic heterocycles. The predicted molar refractivity (Wildman–Crippen MR) is 71.8 cm³/mol. The van der Waals surface area contributed by atoms with Crippen LogP contribution in [0.5, 0.6) is 5.75 Å². The van der Waals surface area contributed by atoms with Gasteiger partial charge in [-0.3, -0.25) is 0 Å². The molecule has 1 saturated carbocycles. The summed E-state index contributed by atoms with van der Waals surface area (Å²) in [6, 6.07) is 2.83. The Balaban J connectivity index is 0.00000220. The molecule has 1 nitrogen and oxygen atoms in total. The Bertz CT molecular complexity index is 467. The second-order valence-electron chi connectivity index (χ2n) is 5.44. The van der Waals surface area contributed by atoms with Gasteiger partial charge in [0.2, 0.25) is 0 Å². The van der Waals surface area contributed by atoms with E-state index in [9.17, 15) is 17.3 Å². The van der Waals surface area contributed by atoms with Gasteiger partial charge in [-0.25, -0.2) is 4.39 Å². The first-order valence-electron chi connectivity index (χ1n) is 7.06. The molecule has 21 heavy (non-hydrogen) atoms. The van der Waals surface area contributed by atoms with Crippen LogP contribution in [-0.2, 0) is 0 Å². The molecule has 2 atom stereocenters. The van der Waals surface area contributed by atoms with Gasteiger partial charge in [-0.05, 0) is 31.2 Å². The maximum Gasteiger partial charge on any atom is 1.00 e. The van der Waals surface area contributed by atoms with Gasteiger partial charge in [0, 0.05) is 6.07 Å². The minimum atomic E-state index is -5.31. The smallest absolute Gasteiger partial charge is 0.490 e. The second-order valence-corrected chi connectivity index (χ2v) is 5.44. The quantitative estimate of drug-likeness (QED) is 0.597. The van der Waals surface area contributed by atoms with Crippen LogP contribution in [0.15, 0.2) is 18.2 Å². The van der Waals surface area contributed by atoms with Crippen molar-refractivity contribution in [1.82, 2.24) is 0 Å². The standard InChI is InChI=1S/C14H18BF4O.K/c1-2-10-4-3-5-11(8-10)20-12-6-7-13(14(16)9-12)15(17,18)19;/h6-7,9-11H,2-5,8H2,1H3;/q-1;+1. The van der Waals surface area contributed by atoms with Crippen molar-refractivity contribution in [3.05, 3.63) is 24.0 Å². The molecule has 112 valence electrons. The largest absolute Gasteiger partial charge is 1.00 e. The first-order valence-corrected chi connectivity index (χ1v) is 7.06. The summed E-state index contributed by atoms with van der Waals surface area (Å²) in [6.45, 7) is -3.19. The third kappa shape index (κ3) is 5.53. The fourth-order valence-electron chi connectivity index (χ4n) is 2.76. The molecule has 0 amide bonds. The molecule has 1 aromatic carbocycles. The summed E-state index contributed by atoms with van der Waals surface area (Å²) in [6.07, 6.45) is 5.04. The summed E-state index contributed by atoms with van der Waals surface area (Å²) in [5, 5.41) is 0. The fraction of sp³-hybridized carbons (Fsp3) is 0.571. The van der Waals surface area contributed by atoms with E-state index in [0.717, 1.165) is 37.8 Å². The molecular formula is C14H18BF4KO. The van der Waals surface area contributed by atoms with Crippen LogP contribution in [-0.4, -0.2) is 13.1 Å². The van der Waals surface area contributed by atoms with Crippen molar-refractivity contribution in [1.29, 1.82) is 0 Å². The van der Waals surface area contributed by atoms with Gasteiger partial charge < -0.3 is 17.7 Å². The molecule has 1 aliphatic carbocycles.